The van der Waals surface area contributed by atoms with E-state index in [4.69, 9.17) is 23.1 Å². The van der Waals surface area contributed by atoms with E-state index >= 15 is 0 Å². The summed E-state index contributed by atoms with van der Waals surface area (Å²) < 4.78 is 29.1. The second kappa shape index (κ2) is 14.3. The third kappa shape index (κ3) is 7.28. The molecule has 0 saturated carbocycles. The number of anilines is 2. The first-order valence-corrected chi connectivity index (χ1v) is 18.6. The summed E-state index contributed by atoms with van der Waals surface area (Å²) in [7, 11) is -3.94. The molecule has 2 aliphatic heterocycles. The molecule has 0 bridgehead atoms. The van der Waals surface area contributed by atoms with E-state index in [0.29, 0.717) is 38.9 Å². The Labute approximate surface area is 309 Å². The van der Waals surface area contributed by atoms with Crippen LogP contribution in [-0.2, 0) is 16.4 Å². The quantitative estimate of drug-likeness (QED) is 0.120. The van der Waals surface area contributed by atoms with Crippen molar-refractivity contribution >= 4 is 67.7 Å². The van der Waals surface area contributed by atoms with E-state index < -0.39 is 27.3 Å². The first-order valence-electron chi connectivity index (χ1n) is 16.7. The molecule has 0 aliphatic carbocycles. The zero-order valence-corrected chi connectivity index (χ0v) is 29.8. The number of aromatic amines is 1. The predicted molar refractivity (Wildman–Crippen MR) is 200 cm³/mol. The van der Waals surface area contributed by atoms with Crippen molar-refractivity contribution in [3.63, 3.8) is 0 Å². The number of piperidine rings is 1. The lowest BCUT2D eigenvalue weighted by Gasteiger charge is -2.38. The minimum atomic E-state index is -3.94. The van der Waals surface area contributed by atoms with E-state index in [1.54, 1.807) is 29.2 Å². The lowest BCUT2D eigenvalue weighted by atomic mass is 9.88. The first kappa shape index (κ1) is 35.6. The van der Waals surface area contributed by atoms with Crippen LogP contribution in [0.1, 0.15) is 55.2 Å². The van der Waals surface area contributed by atoms with Crippen LogP contribution in [0.3, 0.4) is 0 Å². The molecule has 1 spiro atoms. The van der Waals surface area contributed by atoms with Gasteiger partial charge in [-0.3, -0.25) is 14.4 Å². The van der Waals surface area contributed by atoms with E-state index in [1.807, 2.05) is 30.5 Å². The van der Waals surface area contributed by atoms with Gasteiger partial charge in [0.25, 0.3) is 5.91 Å². The fourth-order valence-electron chi connectivity index (χ4n) is 6.59. The van der Waals surface area contributed by atoms with Gasteiger partial charge >= 0.3 is 5.91 Å². The van der Waals surface area contributed by atoms with Gasteiger partial charge in [-0.15, -0.1) is 0 Å². The summed E-state index contributed by atoms with van der Waals surface area (Å²) in [5.41, 5.74) is 13.2. The molecule has 8 N–H and O–H groups in total. The number of nitrogens with one attached hydrogen (secondary N) is 4. The Kier molecular flexibility index (Phi) is 9.59. The molecule has 2 amide bonds. The summed E-state index contributed by atoms with van der Waals surface area (Å²) in [6, 6.07) is 20.1. The number of H-pyrrole nitrogens is 1. The van der Waals surface area contributed by atoms with E-state index in [2.05, 4.69) is 35.3 Å². The zero-order chi connectivity index (χ0) is 37.3. The van der Waals surface area contributed by atoms with Crippen LogP contribution in [-0.4, -0.2) is 83.5 Å². The number of ketones is 1. The molecule has 2 aliphatic rings. The van der Waals surface area contributed by atoms with Crippen molar-refractivity contribution in [2.75, 3.05) is 37.6 Å². The number of hydrogen-bond donors (Lipinski definition) is 6. The van der Waals surface area contributed by atoms with Gasteiger partial charge in [-0.1, -0.05) is 60.1 Å². The summed E-state index contributed by atoms with van der Waals surface area (Å²) in [5.74, 6) is -1.61. The molecular formula is C36H35ClN10O5S. The van der Waals surface area contributed by atoms with Crippen molar-refractivity contribution < 1.29 is 22.8 Å². The average Bonchev–Trinajstić information content (AvgIpc) is 3.76. The van der Waals surface area contributed by atoms with Gasteiger partial charge in [0.15, 0.2) is 34.2 Å². The molecule has 4 heterocycles. The van der Waals surface area contributed by atoms with Crippen LogP contribution in [0.25, 0.3) is 10.9 Å². The number of amides is 2. The molecule has 53 heavy (non-hydrogen) atoms. The highest BCUT2D eigenvalue weighted by Crippen LogP contribution is 2.27. The number of benzene rings is 3. The molecule has 2 aromatic heterocycles. The summed E-state index contributed by atoms with van der Waals surface area (Å²) in [6.07, 6.45) is 3.39. The van der Waals surface area contributed by atoms with Gasteiger partial charge in [0.1, 0.15) is 0 Å². The fraction of sp³-hybridized carbons (Fsp3) is 0.222. The molecule has 5 aromatic rings. The number of sulfonamides is 1. The Morgan fingerprint density at radius 3 is 2.47 bits per heavy atom. The average molecular weight is 755 g/mol. The monoisotopic (exact) mass is 754 g/mol. The third-order valence-corrected chi connectivity index (χ3v) is 11.2. The highest BCUT2D eigenvalue weighted by Gasteiger charge is 2.41. The van der Waals surface area contributed by atoms with Gasteiger partial charge in [0, 0.05) is 54.4 Å². The van der Waals surface area contributed by atoms with Gasteiger partial charge in [0.05, 0.1) is 16.0 Å². The first-order chi connectivity index (χ1) is 25.4. The number of aromatic nitrogens is 3. The van der Waals surface area contributed by atoms with Crippen LogP contribution >= 0.6 is 11.6 Å². The maximum Gasteiger partial charge on any atom is 0.302 e. The van der Waals surface area contributed by atoms with Crippen LogP contribution in [0.15, 0.2) is 88.9 Å². The highest BCUT2D eigenvalue weighted by atomic mass is 35.5. The molecule has 2 saturated heterocycles. The minimum Gasteiger partial charge on any atom is -0.382 e. The Hall–Kier alpha value is -5.84. The number of aliphatic imine (C=N–C) groups is 1. The Balaban J connectivity index is 0.994. The number of carbonyl (C=O) groups excluding carboxylic acids is 3. The van der Waals surface area contributed by atoms with Crippen molar-refractivity contribution in [2.24, 2.45) is 4.99 Å². The highest BCUT2D eigenvalue weighted by molar-refractivity contribution is 7.89. The number of nitrogen functional groups attached to an aromatic ring is 2. The third-order valence-electron chi connectivity index (χ3n) is 9.48. The maximum absolute atomic E-state index is 13.9. The molecule has 7 rings (SSSR count). The van der Waals surface area contributed by atoms with Crippen molar-refractivity contribution in [2.45, 2.75) is 29.7 Å². The molecule has 0 radical (unpaired) electrons. The number of hydrogen-bond acceptors (Lipinski definition) is 9. The Morgan fingerprint density at radius 1 is 0.943 bits per heavy atom. The molecular weight excluding hydrogens is 720 g/mol. The lowest BCUT2D eigenvalue weighted by Crippen LogP contribution is -2.53. The number of carbonyl (C=O) groups is 3. The summed E-state index contributed by atoms with van der Waals surface area (Å²) in [4.78, 5) is 57.0. The predicted octanol–water partition coefficient (Wildman–Crippen LogP) is 2.89. The smallest absolute Gasteiger partial charge is 0.302 e. The molecule has 0 atom stereocenters. The largest absolute Gasteiger partial charge is 0.382 e. The van der Waals surface area contributed by atoms with Gasteiger partial charge in [-0.25, -0.2) is 23.1 Å². The molecule has 272 valence electrons. The topological polar surface area (TPSA) is 231 Å². The van der Waals surface area contributed by atoms with Crippen LogP contribution < -0.4 is 26.8 Å². The Bertz CT molecular complexity index is 2410. The summed E-state index contributed by atoms with van der Waals surface area (Å²) in [5, 5.41) is 7.24. The molecule has 3 aromatic carbocycles. The molecule has 15 nitrogen and oxygen atoms in total. The van der Waals surface area contributed by atoms with E-state index in [-0.39, 0.29) is 62.5 Å². The normalized spacial score (nSPS) is 16.1. The molecule has 17 heteroatoms. The molecule has 2 fully saturated rings. The van der Waals surface area contributed by atoms with E-state index in [9.17, 15) is 22.8 Å². The standard InChI is InChI=1S/C36H35ClN10O5S/c37-30-32(39)44-31(38)28(43-30)33(49)45-35-41-20-36(46-35)13-16-47(17-14-36)34(50)26-10-2-1-9-25(26)29(48)21-6-5-7-23(18-21)53(51,52)42-15-12-22-19-40-27-11-4-3-8-24(22)27/h1-11,18-19,40,42H,12-17,20H2,(H4,38,39,44)(H2,41,45,46,49). The van der Waals surface area contributed by atoms with Gasteiger partial charge in [-0.05, 0) is 49.1 Å². The Morgan fingerprint density at radius 2 is 1.68 bits per heavy atom. The number of guanidine groups is 1. The minimum absolute atomic E-state index is 0.0524. The van der Waals surface area contributed by atoms with Crippen LogP contribution in [0.5, 0.6) is 0 Å². The number of nitrogens with two attached hydrogens (primary N) is 2. The lowest BCUT2D eigenvalue weighted by molar-refractivity contribution is 0.0665. The zero-order valence-electron chi connectivity index (χ0n) is 28.2. The van der Waals surface area contributed by atoms with Crippen molar-refractivity contribution in [3.8, 4) is 0 Å². The maximum atomic E-state index is 13.9. The summed E-state index contributed by atoms with van der Waals surface area (Å²) in [6.45, 7) is 1.34. The van der Waals surface area contributed by atoms with E-state index in [1.165, 1.54) is 24.3 Å². The number of halogens is 1. The van der Waals surface area contributed by atoms with E-state index in [0.717, 1.165) is 16.5 Å². The summed E-state index contributed by atoms with van der Waals surface area (Å²) >= 11 is 5.91. The van der Waals surface area contributed by atoms with Crippen molar-refractivity contribution in [1.29, 1.82) is 0 Å². The number of likely N-dealkylation sites (tertiary alicyclic amines) is 1. The van der Waals surface area contributed by atoms with Crippen molar-refractivity contribution in [3.05, 3.63) is 112 Å². The number of nitrogens with zero attached hydrogens (tertiary/aromatic N) is 4. The molecule has 0 unspecified atom stereocenters. The van der Waals surface area contributed by atoms with Crippen molar-refractivity contribution in [1.82, 2.24) is 35.2 Å². The van der Waals surface area contributed by atoms with Gasteiger partial charge < -0.3 is 32.0 Å². The van der Waals surface area contributed by atoms with Crippen LogP contribution in [0.2, 0.25) is 5.15 Å². The van der Waals surface area contributed by atoms with Crippen LogP contribution in [0.4, 0.5) is 11.6 Å². The second-order valence-corrected chi connectivity index (χ2v) is 15.0. The fourth-order valence-corrected chi connectivity index (χ4v) is 7.80. The van der Waals surface area contributed by atoms with Crippen LogP contribution in [0, 0.1) is 0 Å². The number of para-hydroxylation sites is 1. The number of fused-ring (bicyclic) bond motifs is 1. The SMILES string of the molecule is Nc1nc(N)c(C(=O)/N=C2\NCC3(CCN(C(=O)c4ccccc4C(=O)c4cccc(S(=O)(=O)NCCc5c[nH]c6ccccc56)c4)CC3)N2)nc1Cl. The van der Waals surface area contributed by atoms with Gasteiger partial charge in [-0.2, -0.15) is 4.99 Å². The number of rotatable bonds is 9. The van der Waals surface area contributed by atoms with Gasteiger partial charge in [0.2, 0.25) is 10.0 Å². The second-order valence-electron chi connectivity index (χ2n) is 12.9.